The van der Waals surface area contributed by atoms with Crippen molar-refractivity contribution in [2.24, 2.45) is 0 Å². The number of nitrogens with zero attached hydrogens (tertiary/aromatic N) is 2. The van der Waals surface area contributed by atoms with Gasteiger partial charge >= 0.3 is 6.03 Å². The highest BCUT2D eigenvalue weighted by Gasteiger charge is 2.21. The molecule has 1 aromatic carbocycles. The number of urea groups is 1. The highest BCUT2D eigenvalue weighted by Crippen LogP contribution is 2.26. The van der Waals surface area contributed by atoms with Crippen LogP contribution in [0.15, 0.2) is 41.8 Å². The third-order valence-corrected chi connectivity index (χ3v) is 5.09. The Morgan fingerprint density at radius 1 is 1.25 bits per heavy atom. The molecule has 0 aliphatic heterocycles. The summed E-state index contributed by atoms with van der Waals surface area (Å²) in [5.74, 6) is 0.375. The Hall–Kier alpha value is -2.98. The third kappa shape index (κ3) is 4.46. The molecule has 4 N–H and O–H groups in total. The van der Waals surface area contributed by atoms with Crippen LogP contribution < -0.4 is 16.0 Å². The fourth-order valence-electron chi connectivity index (χ4n) is 2.62. The number of thiophene rings is 1. The zero-order valence-corrected chi connectivity index (χ0v) is 17.0. The number of amides is 3. The molecule has 3 rings (SSSR count). The monoisotopic (exact) mass is 416 g/mol. The number of nitrogens with one attached hydrogen (secondary N) is 4. The molecular weight excluding hydrogens is 396 g/mol. The first-order chi connectivity index (χ1) is 13.5. The number of benzene rings is 1. The van der Waals surface area contributed by atoms with Crippen LogP contribution in [-0.2, 0) is 4.79 Å². The van der Waals surface area contributed by atoms with E-state index in [0.717, 1.165) is 4.88 Å². The number of hydrogen-bond donors (Lipinski definition) is 4. The summed E-state index contributed by atoms with van der Waals surface area (Å²) in [5, 5.41) is 17.2. The Morgan fingerprint density at radius 3 is 2.68 bits per heavy atom. The van der Waals surface area contributed by atoms with Gasteiger partial charge in [-0.1, -0.05) is 12.1 Å². The van der Waals surface area contributed by atoms with E-state index in [4.69, 9.17) is 12.2 Å². The lowest BCUT2D eigenvalue weighted by Gasteiger charge is -2.16. The summed E-state index contributed by atoms with van der Waals surface area (Å²) in [7, 11) is 0. The summed E-state index contributed by atoms with van der Waals surface area (Å²) in [4.78, 5) is 25.4. The quantitative estimate of drug-likeness (QED) is 0.456. The van der Waals surface area contributed by atoms with E-state index in [0.29, 0.717) is 28.5 Å². The maximum absolute atomic E-state index is 12.8. The van der Waals surface area contributed by atoms with E-state index < -0.39 is 6.04 Å². The lowest BCUT2D eigenvalue weighted by molar-refractivity contribution is -0.118. The van der Waals surface area contributed by atoms with Crippen LogP contribution in [0.25, 0.3) is 10.7 Å². The molecule has 2 aromatic heterocycles. The molecular formula is C18H20N6O2S2. The van der Waals surface area contributed by atoms with Crippen LogP contribution >= 0.6 is 23.6 Å². The molecule has 8 nitrogen and oxygen atoms in total. The molecule has 2 heterocycles. The molecule has 0 radical (unpaired) electrons. The van der Waals surface area contributed by atoms with Gasteiger partial charge in [-0.3, -0.25) is 14.5 Å². The van der Waals surface area contributed by atoms with Crippen LogP contribution in [0.1, 0.15) is 19.9 Å². The number of carbonyl (C=O) groups excluding carboxylic acids is 2. The lowest BCUT2D eigenvalue weighted by atomic mass is 10.2. The van der Waals surface area contributed by atoms with Crippen molar-refractivity contribution >= 4 is 46.9 Å². The molecule has 146 valence electrons. The molecule has 10 heteroatoms. The molecule has 0 aliphatic carbocycles. The number of anilines is 2. The second-order valence-corrected chi connectivity index (χ2v) is 7.26. The van der Waals surface area contributed by atoms with Crippen molar-refractivity contribution in [3.05, 3.63) is 46.5 Å². The summed E-state index contributed by atoms with van der Waals surface area (Å²) in [6.07, 6.45) is 0. The average molecular weight is 417 g/mol. The van der Waals surface area contributed by atoms with E-state index in [1.165, 1.54) is 11.3 Å². The van der Waals surface area contributed by atoms with Gasteiger partial charge in [-0.15, -0.1) is 11.3 Å². The number of aromatic amines is 1. The highest BCUT2D eigenvalue weighted by atomic mass is 32.1. The van der Waals surface area contributed by atoms with Gasteiger partial charge in [0.15, 0.2) is 10.6 Å². The first kappa shape index (κ1) is 19.8. The summed E-state index contributed by atoms with van der Waals surface area (Å²) in [6.45, 7) is 4.12. The lowest BCUT2D eigenvalue weighted by Crippen LogP contribution is -2.28. The van der Waals surface area contributed by atoms with Crippen LogP contribution in [0.2, 0.25) is 0 Å². The second-order valence-electron chi connectivity index (χ2n) is 5.93. The van der Waals surface area contributed by atoms with Gasteiger partial charge in [0.2, 0.25) is 5.91 Å². The summed E-state index contributed by atoms with van der Waals surface area (Å²) < 4.78 is 2.06. The summed E-state index contributed by atoms with van der Waals surface area (Å²) in [6, 6.07) is 9.90. The van der Waals surface area contributed by atoms with Crippen molar-refractivity contribution in [1.29, 1.82) is 0 Å². The van der Waals surface area contributed by atoms with E-state index in [9.17, 15) is 9.59 Å². The van der Waals surface area contributed by atoms with Crippen LogP contribution in [0.4, 0.5) is 16.2 Å². The van der Waals surface area contributed by atoms with Gasteiger partial charge < -0.3 is 16.0 Å². The largest absolute Gasteiger partial charge is 0.338 e. The molecule has 28 heavy (non-hydrogen) atoms. The predicted octanol–water partition coefficient (Wildman–Crippen LogP) is 4.01. The molecule has 0 spiro atoms. The third-order valence-electron chi connectivity index (χ3n) is 3.94. The van der Waals surface area contributed by atoms with E-state index in [-0.39, 0.29) is 11.9 Å². The average Bonchev–Trinajstić information content (AvgIpc) is 3.31. The predicted molar refractivity (Wildman–Crippen MR) is 113 cm³/mol. The molecule has 3 aromatic rings. The van der Waals surface area contributed by atoms with Crippen molar-refractivity contribution < 1.29 is 9.59 Å². The van der Waals surface area contributed by atoms with Gasteiger partial charge in [-0.2, -0.15) is 5.10 Å². The Morgan fingerprint density at radius 2 is 2.00 bits per heavy atom. The number of H-pyrrole nitrogens is 1. The Labute approximate surface area is 171 Å². The Kier molecular flexibility index (Phi) is 6.22. The second kappa shape index (κ2) is 8.81. The minimum atomic E-state index is -0.580. The number of carbonyl (C=O) groups is 2. The Bertz CT molecular complexity index is 1020. The zero-order chi connectivity index (χ0) is 20.1. The van der Waals surface area contributed by atoms with Crippen molar-refractivity contribution in [3.8, 4) is 10.7 Å². The maximum Gasteiger partial charge on any atom is 0.319 e. The van der Waals surface area contributed by atoms with Crippen molar-refractivity contribution in [3.63, 3.8) is 0 Å². The van der Waals surface area contributed by atoms with Crippen LogP contribution in [0.5, 0.6) is 0 Å². The van der Waals surface area contributed by atoms with E-state index >= 15 is 0 Å². The summed E-state index contributed by atoms with van der Waals surface area (Å²) >= 11 is 6.84. The normalized spacial score (nSPS) is 11.6. The summed E-state index contributed by atoms with van der Waals surface area (Å²) in [5.41, 5.74) is 1.15. The Balaban J connectivity index is 1.76. The van der Waals surface area contributed by atoms with E-state index in [1.54, 1.807) is 35.8 Å². The standard InChI is InChI=1S/C18H20N6O2S2/c1-3-19-17(26)21-13-7-4-6-12(10-13)20-16(25)11(2)24-15(22-23-18(24)27)14-8-5-9-28-14/h4-11H,3H2,1-2H3,(H,20,25)(H,23,27)(H2,19,21,26). The fourth-order valence-corrected chi connectivity index (χ4v) is 3.62. The molecule has 0 fully saturated rings. The minimum Gasteiger partial charge on any atom is -0.338 e. The van der Waals surface area contributed by atoms with Gasteiger partial charge in [-0.25, -0.2) is 4.79 Å². The molecule has 0 aliphatic rings. The van der Waals surface area contributed by atoms with Gasteiger partial charge in [0.25, 0.3) is 0 Å². The minimum absolute atomic E-state index is 0.245. The van der Waals surface area contributed by atoms with Crippen LogP contribution in [0.3, 0.4) is 0 Å². The van der Waals surface area contributed by atoms with E-state index in [1.807, 2.05) is 24.4 Å². The van der Waals surface area contributed by atoms with Crippen molar-refractivity contribution in [1.82, 2.24) is 20.1 Å². The molecule has 1 atom stereocenters. The smallest absolute Gasteiger partial charge is 0.319 e. The molecule has 0 saturated carbocycles. The first-order valence-corrected chi connectivity index (χ1v) is 9.95. The van der Waals surface area contributed by atoms with Gasteiger partial charge in [0, 0.05) is 17.9 Å². The molecule has 0 saturated heterocycles. The van der Waals surface area contributed by atoms with Gasteiger partial charge in [0.05, 0.1) is 4.88 Å². The van der Waals surface area contributed by atoms with Gasteiger partial charge in [-0.05, 0) is 55.7 Å². The number of hydrogen-bond acceptors (Lipinski definition) is 5. The van der Waals surface area contributed by atoms with Crippen molar-refractivity contribution in [2.75, 3.05) is 17.2 Å². The molecule has 1 unspecified atom stereocenters. The van der Waals surface area contributed by atoms with Gasteiger partial charge in [0.1, 0.15) is 6.04 Å². The fraction of sp³-hybridized carbons (Fsp3) is 0.222. The van der Waals surface area contributed by atoms with Crippen LogP contribution in [0, 0.1) is 4.77 Å². The maximum atomic E-state index is 12.8. The molecule has 3 amide bonds. The number of rotatable bonds is 6. The molecule has 0 bridgehead atoms. The number of aromatic nitrogens is 3. The van der Waals surface area contributed by atoms with E-state index in [2.05, 4.69) is 26.1 Å². The SMILES string of the molecule is CCNC(=O)Nc1cccc(NC(=O)C(C)n2c(-c3cccs3)n[nH]c2=S)c1. The zero-order valence-electron chi connectivity index (χ0n) is 15.4. The first-order valence-electron chi connectivity index (χ1n) is 8.66. The van der Waals surface area contributed by atoms with Crippen LogP contribution in [-0.4, -0.2) is 33.2 Å². The highest BCUT2D eigenvalue weighted by molar-refractivity contribution is 7.71. The topological polar surface area (TPSA) is 104 Å². The van der Waals surface area contributed by atoms with Crippen molar-refractivity contribution in [2.45, 2.75) is 19.9 Å².